The monoisotopic (exact) mass is 631 g/mol. The summed E-state index contributed by atoms with van der Waals surface area (Å²) in [5, 5.41) is 2.89. The van der Waals surface area contributed by atoms with Crippen LogP contribution in [-0.4, -0.2) is 44.3 Å². The van der Waals surface area contributed by atoms with Crippen molar-refractivity contribution in [3.63, 3.8) is 0 Å². The van der Waals surface area contributed by atoms with E-state index in [2.05, 4.69) is 21.2 Å². The van der Waals surface area contributed by atoms with Crippen LogP contribution in [0.2, 0.25) is 0 Å². The Kier molecular flexibility index (Phi) is 11.3. The number of carbonyl (C=O) groups is 2. The van der Waals surface area contributed by atoms with Gasteiger partial charge in [-0.1, -0.05) is 72.1 Å². The fraction of sp³-hybridized carbons (Fsp3) is 0.333. The predicted molar refractivity (Wildman–Crippen MR) is 159 cm³/mol. The molecule has 0 radical (unpaired) electrons. The maximum Gasteiger partial charge on any atom is 0.264 e. The zero-order valence-corrected chi connectivity index (χ0v) is 25.3. The van der Waals surface area contributed by atoms with E-state index in [-0.39, 0.29) is 17.3 Å². The first kappa shape index (κ1) is 31.3. The molecule has 0 heterocycles. The second kappa shape index (κ2) is 14.4. The number of amides is 2. The number of nitrogens with one attached hydrogen (secondary N) is 1. The highest BCUT2D eigenvalue weighted by molar-refractivity contribution is 9.10. The number of benzene rings is 3. The van der Waals surface area contributed by atoms with Crippen molar-refractivity contribution in [2.45, 2.75) is 57.5 Å². The standard InChI is InChI=1S/C30H35BrFN3O4S/c1-4-6-18-33-30(37)28(5-2)34(20-23-12-14-25(32)15-13-23)29(36)21-35(26-9-7-8-24(31)19-26)40(38,39)27-16-10-22(3)11-17-27/h7-17,19,28H,4-6,18,20-21H2,1-3H3,(H,33,37)/t28-/m1/s1. The second-order valence-electron chi connectivity index (χ2n) is 9.52. The van der Waals surface area contributed by atoms with Gasteiger partial charge in [0.2, 0.25) is 11.8 Å². The Morgan fingerprint density at radius 3 is 2.27 bits per heavy atom. The number of unbranched alkanes of at least 4 members (excludes halogenated alkanes) is 1. The largest absolute Gasteiger partial charge is 0.354 e. The lowest BCUT2D eigenvalue weighted by Gasteiger charge is -2.33. The fourth-order valence-corrected chi connectivity index (χ4v) is 6.00. The molecule has 3 aromatic rings. The quantitative estimate of drug-likeness (QED) is 0.241. The molecule has 1 N–H and O–H groups in total. The molecule has 0 aliphatic carbocycles. The first-order valence-corrected chi connectivity index (χ1v) is 15.5. The Balaban J connectivity index is 2.03. The lowest BCUT2D eigenvalue weighted by molar-refractivity contribution is -0.140. The van der Waals surface area contributed by atoms with Crippen molar-refractivity contribution < 1.29 is 22.4 Å². The smallest absolute Gasteiger partial charge is 0.264 e. The van der Waals surface area contributed by atoms with E-state index in [1.807, 2.05) is 13.8 Å². The number of halogens is 2. The van der Waals surface area contributed by atoms with Crippen LogP contribution in [0.1, 0.15) is 44.2 Å². The van der Waals surface area contributed by atoms with E-state index in [4.69, 9.17) is 0 Å². The number of nitrogens with zero attached hydrogens (tertiary/aromatic N) is 2. The van der Waals surface area contributed by atoms with Crippen LogP contribution in [0.5, 0.6) is 0 Å². The molecule has 7 nitrogen and oxygen atoms in total. The molecule has 0 aromatic heterocycles. The van der Waals surface area contributed by atoms with Crippen LogP contribution in [0.4, 0.5) is 10.1 Å². The number of sulfonamides is 1. The molecule has 214 valence electrons. The Bertz CT molecular complexity index is 1400. The summed E-state index contributed by atoms with van der Waals surface area (Å²) in [5.41, 5.74) is 1.81. The molecule has 0 unspecified atom stereocenters. The lowest BCUT2D eigenvalue weighted by Crippen LogP contribution is -2.52. The molecule has 0 bridgehead atoms. The van der Waals surface area contributed by atoms with Gasteiger partial charge in [-0.2, -0.15) is 0 Å². The van der Waals surface area contributed by atoms with E-state index < -0.39 is 34.3 Å². The van der Waals surface area contributed by atoms with Crippen molar-refractivity contribution >= 4 is 43.5 Å². The minimum Gasteiger partial charge on any atom is -0.354 e. The van der Waals surface area contributed by atoms with Crippen LogP contribution in [0.25, 0.3) is 0 Å². The summed E-state index contributed by atoms with van der Waals surface area (Å²) in [5.74, 6) is -1.30. The minimum absolute atomic E-state index is 0.00964. The summed E-state index contributed by atoms with van der Waals surface area (Å²) in [6.07, 6.45) is 2.00. The SMILES string of the molecule is CCCCNC(=O)[C@@H](CC)N(Cc1ccc(F)cc1)C(=O)CN(c1cccc(Br)c1)S(=O)(=O)c1ccc(C)cc1. The number of anilines is 1. The summed E-state index contributed by atoms with van der Waals surface area (Å²) in [6.45, 7) is 5.61. The van der Waals surface area contributed by atoms with E-state index in [9.17, 15) is 22.4 Å². The van der Waals surface area contributed by atoms with Crippen molar-refractivity contribution in [1.82, 2.24) is 10.2 Å². The number of hydrogen-bond donors (Lipinski definition) is 1. The van der Waals surface area contributed by atoms with Crippen molar-refractivity contribution in [3.05, 3.63) is 94.2 Å². The Labute approximate surface area is 244 Å². The molecule has 1 atom stereocenters. The molecule has 0 spiro atoms. The molecule has 10 heteroatoms. The predicted octanol–water partition coefficient (Wildman–Crippen LogP) is 5.82. The van der Waals surface area contributed by atoms with Gasteiger partial charge in [-0.3, -0.25) is 13.9 Å². The van der Waals surface area contributed by atoms with Gasteiger partial charge >= 0.3 is 0 Å². The average Bonchev–Trinajstić information content (AvgIpc) is 2.93. The van der Waals surface area contributed by atoms with E-state index in [1.165, 1.54) is 29.2 Å². The summed E-state index contributed by atoms with van der Waals surface area (Å²) in [7, 11) is -4.15. The van der Waals surface area contributed by atoms with Gasteiger partial charge in [0.1, 0.15) is 18.4 Å². The maximum atomic E-state index is 14.0. The van der Waals surface area contributed by atoms with Gasteiger partial charge in [0.15, 0.2) is 0 Å². The first-order valence-electron chi connectivity index (χ1n) is 13.2. The Morgan fingerprint density at radius 1 is 1.00 bits per heavy atom. The van der Waals surface area contributed by atoms with Crippen LogP contribution < -0.4 is 9.62 Å². The highest BCUT2D eigenvalue weighted by atomic mass is 79.9. The van der Waals surface area contributed by atoms with Gasteiger partial charge in [-0.05, 0) is 67.8 Å². The van der Waals surface area contributed by atoms with Gasteiger partial charge < -0.3 is 10.2 Å². The van der Waals surface area contributed by atoms with E-state index in [0.29, 0.717) is 28.7 Å². The summed E-state index contributed by atoms with van der Waals surface area (Å²) in [4.78, 5) is 28.6. The van der Waals surface area contributed by atoms with E-state index >= 15 is 0 Å². The first-order chi connectivity index (χ1) is 19.1. The second-order valence-corrected chi connectivity index (χ2v) is 12.3. The number of hydrogen-bond acceptors (Lipinski definition) is 4. The summed E-state index contributed by atoms with van der Waals surface area (Å²) >= 11 is 3.39. The molecule has 0 saturated heterocycles. The van der Waals surface area contributed by atoms with Crippen molar-refractivity contribution in [3.8, 4) is 0 Å². The fourth-order valence-electron chi connectivity index (χ4n) is 4.21. The van der Waals surface area contributed by atoms with Gasteiger partial charge in [-0.25, -0.2) is 12.8 Å². The molecule has 0 fully saturated rings. The van der Waals surface area contributed by atoms with Crippen molar-refractivity contribution in [2.75, 3.05) is 17.4 Å². The average molecular weight is 633 g/mol. The third kappa shape index (κ3) is 8.14. The Hall–Kier alpha value is -3.24. The highest BCUT2D eigenvalue weighted by Gasteiger charge is 2.33. The third-order valence-corrected chi connectivity index (χ3v) is 8.75. The van der Waals surface area contributed by atoms with Gasteiger partial charge in [-0.15, -0.1) is 0 Å². The van der Waals surface area contributed by atoms with E-state index in [0.717, 1.165) is 22.7 Å². The molecular formula is C30H35BrFN3O4S. The molecule has 40 heavy (non-hydrogen) atoms. The zero-order chi connectivity index (χ0) is 29.3. The maximum absolute atomic E-state index is 14.0. The van der Waals surface area contributed by atoms with Gasteiger partial charge in [0.25, 0.3) is 10.0 Å². The van der Waals surface area contributed by atoms with Crippen LogP contribution in [0.15, 0.2) is 82.2 Å². The summed E-state index contributed by atoms with van der Waals surface area (Å²) in [6, 6.07) is 17.9. The molecule has 0 saturated carbocycles. The van der Waals surface area contributed by atoms with Crippen molar-refractivity contribution in [1.29, 1.82) is 0 Å². The van der Waals surface area contributed by atoms with Crippen LogP contribution in [-0.2, 0) is 26.2 Å². The molecule has 3 aromatic carbocycles. The normalized spacial score (nSPS) is 12.0. The molecule has 2 amide bonds. The zero-order valence-electron chi connectivity index (χ0n) is 22.9. The van der Waals surface area contributed by atoms with Gasteiger partial charge in [0, 0.05) is 17.6 Å². The minimum atomic E-state index is -4.15. The van der Waals surface area contributed by atoms with Crippen LogP contribution in [0.3, 0.4) is 0 Å². The topological polar surface area (TPSA) is 86.8 Å². The lowest BCUT2D eigenvalue weighted by atomic mass is 10.1. The number of carbonyl (C=O) groups excluding carboxylic acids is 2. The van der Waals surface area contributed by atoms with Gasteiger partial charge in [0.05, 0.1) is 10.6 Å². The molecule has 0 aliphatic heterocycles. The summed E-state index contributed by atoms with van der Waals surface area (Å²) < 4.78 is 43.1. The Morgan fingerprint density at radius 2 is 1.68 bits per heavy atom. The molecule has 3 rings (SSSR count). The molecular weight excluding hydrogens is 597 g/mol. The molecule has 0 aliphatic rings. The number of rotatable bonds is 13. The van der Waals surface area contributed by atoms with Crippen LogP contribution in [0, 0.1) is 12.7 Å². The van der Waals surface area contributed by atoms with E-state index in [1.54, 1.807) is 55.5 Å². The van der Waals surface area contributed by atoms with Crippen LogP contribution >= 0.6 is 15.9 Å². The third-order valence-electron chi connectivity index (χ3n) is 6.47. The highest BCUT2D eigenvalue weighted by Crippen LogP contribution is 2.27. The number of aryl methyl sites for hydroxylation is 1. The van der Waals surface area contributed by atoms with Crippen molar-refractivity contribution in [2.24, 2.45) is 0 Å².